The molecule has 0 heterocycles. The second-order valence-corrected chi connectivity index (χ2v) is 5.93. The van der Waals surface area contributed by atoms with Crippen molar-refractivity contribution in [1.82, 2.24) is 0 Å². The number of sulfonamides is 1. The van der Waals surface area contributed by atoms with Crippen LogP contribution in [0.3, 0.4) is 0 Å². The van der Waals surface area contributed by atoms with Gasteiger partial charge in [0.05, 0.1) is 4.90 Å². The molecule has 0 saturated heterocycles. The first-order chi connectivity index (χ1) is 9.32. The van der Waals surface area contributed by atoms with Gasteiger partial charge in [-0.1, -0.05) is 36.4 Å². The maximum absolute atomic E-state index is 11.7. The average molecular weight is 290 g/mol. The van der Waals surface area contributed by atoms with Crippen LogP contribution in [0.5, 0.6) is 0 Å². The highest BCUT2D eigenvalue weighted by atomic mass is 32.2. The number of hydrogen-bond acceptors (Lipinski definition) is 3. The molecule has 5 nitrogen and oxygen atoms in total. The van der Waals surface area contributed by atoms with Crippen LogP contribution in [-0.2, 0) is 10.0 Å². The molecule has 0 saturated carbocycles. The van der Waals surface area contributed by atoms with E-state index in [9.17, 15) is 13.2 Å². The van der Waals surface area contributed by atoms with E-state index < -0.39 is 15.9 Å². The Kier molecular flexibility index (Phi) is 3.61. The van der Waals surface area contributed by atoms with Crippen molar-refractivity contribution in [1.29, 1.82) is 0 Å². The van der Waals surface area contributed by atoms with Gasteiger partial charge in [-0.25, -0.2) is 13.6 Å². The van der Waals surface area contributed by atoms with E-state index in [2.05, 4.69) is 0 Å². The Balaban J connectivity index is 2.84. The van der Waals surface area contributed by atoms with Gasteiger partial charge in [0.25, 0.3) is 0 Å². The Morgan fingerprint density at radius 2 is 1.60 bits per heavy atom. The molecule has 1 amide bonds. The van der Waals surface area contributed by atoms with E-state index in [-0.39, 0.29) is 4.90 Å². The molecule has 0 atom stereocenters. The van der Waals surface area contributed by atoms with Crippen LogP contribution in [0, 0.1) is 6.92 Å². The summed E-state index contributed by atoms with van der Waals surface area (Å²) in [5, 5.41) is 5.22. The number of primary sulfonamides is 1. The number of benzene rings is 2. The molecule has 0 aliphatic carbocycles. The SMILES string of the molecule is Cc1cccc(-c2ccccc2S(N)(=O)=O)c1C(N)=O. The molecule has 0 aliphatic rings. The van der Waals surface area contributed by atoms with Crippen molar-refractivity contribution < 1.29 is 13.2 Å². The van der Waals surface area contributed by atoms with E-state index in [4.69, 9.17) is 10.9 Å². The smallest absolute Gasteiger partial charge is 0.249 e. The first-order valence-corrected chi connectivity index (χ1v) is 7.38. The normalized spacial score (nSPS) is 11.3. The fourth-order valence-corrected chi connectivity index (χ4v) is 2.91. The summed E-state index contributed by atoms with van der Waals surface area (Å²) in [4.78, 5) is 11.6. The first kappa shape index (κ1) is 14.2. The summed E-state index contributed by atoms with van der Waals surface area (Å²) in [6.07, 6.45) is 0. The maximum atomic E-state index is 11.7. The molecule has 4 N–H and O–H groups in total. The van der Waals surface area contributed by atoms with E-state index in [0.717, 1.165) is 0 Å². The Labute approximate surface area is 117 Å². The second kappa shape index (κ2) is 5.07. The predicted molar refractivity (Wildman–Crippen MR) is 76.5 cm³/mol. The standard InChI is InChI=1S/C14H14N2O3S/c1-9-5-4-7-11(13(9)14(15)17)10-6-2-3-8-12(10)20(16,18)19/h2-8H,1H3,(H2,15,17)(H2,16,18,19). The lowest BCUT2D eigenvalue weighted by Crippen LogP contribution is -2.16. The minimum absolute atomic E-state index is 0.0342. The van der Waals surface area contributed by atoms with Crippen LogP contribution in [0.25, 0.3) is 11.1 Å². The van der Waals surface area contributed by atoms with Gasteiger partial charge in [-0.3, -0.25) is 4.79 Å². The molecular weight excluding hydrogens is 276 g/mol. The lowest BCUT2D eigenvalue weighted by atomic mass is 9.95. The molecule has 2 aromatic carbocycles. The fourth-order valence-electron chi connectivity index (χ4n) is 2.16. The van der Waals surface area contributed by atoms with E-state index in [0.29, 0.717) is 22.3 Å². The number of amides is 1. The molecule has 20 heavy (non-hydrogen) atoms. The number of hydrogen-bond donors (Lipinski definition) is 2. The Morgan fingerprint density at radius 1 is 1.00 bits per heavy atom. The van der Waals surface area contributed by atoms with Crippen molar-refractivity contribution in [2.75, 3.05) is 0 Å². The van der Waals surface area contributed by atoms with Gasteiger partial charge in [0.2, 0.25) is 15.9 Å². The molecule has 0 unspecified atom stereocenters. The summed E-state index contributed by atoms with van der Waals surface area (Å²) < 4.78 is 23.3. The Hall–Kier alpha value is -2.18. The highest BCUT2D eigenvalue weighted by Gasteiger charge is 2.19. The summed E-state index contributed by atoms with van der Waals surface area (Å²) >= 11 is 0. The fraction of sp³-hybridized carbons (Fsp3) is 0.0714. The molecule has 104 valence electrons. The van der Waals surface area contributed by atoms with E-state index in [1.54, 1.807) is 43.3 Å². The average Bonchev–Trinajstić information content (AvgIpc) is 2.37. The third-order valence-electron chi connectivity index (χ3n) is 3.00. The lowest BCUT2D eigenvalue weighted by molar-refractivity contribution is 0.100. The number of rotatable bonds is 3. The van der Waals surface area contributed by atoms with Gasteiger partial charge in [-0.15, -0.1) is 0 Å². The molecule has 0 fully saturated rings. The summed E-state index contributed by atoms with van der Waals surface area (Å²) in [6.45, 7) is 1.74. The highest BCUT2D eigenvalue weighted by Crippen LogP contribution is 2.30. The van der Waals surface area contributed by atoms with Gasteiger partial charge in [0, 0.05) is 11.1 Å². The number of carbonyl (C=O) groups is 1. The summed E-state index contributed by atoms with van der Waals surface area (Å²) in [6, 6.07) is 11.4. The van der Waals surface area contributed by atoms with Crippen LogP contribution in [-0.4, -0.2) is 14.3 Å². The van der Waals surface area contributed by atoms with Crippen molar-refractivity contribution in [2.45, 2.75) is 11.8 Å². The third kappa shape index (κ3) is 2.56. The molecule has 0 bridgehead atoms. The maximum Gasteiger partial charge on any atom is 0.249 e. The third-order valence-corrected chi connectivity index (χ3v) is 3.97. The van der Waals surface area contributed by atoms with Gasteiger partial charge in [-0.05, 0) is 24.1 Å². The van der Waals surface area contributed by atoms with Gasteiger partial charge in [-0.2, -0.15) is 0 Å². The van der Waals surface area contributed by atoms with Crippen LogP contribution in [0.1, 0.15) is 15.9 Å². The van der Waals surface area contributed by atoms with Crippen molar-refractivity contribution in [3.05, 3.63) is 53.6 Å². The largest absolute Gasteiger partial charge is 0.366 e. The van der Waals surface area contributed by atoms with Crippen LogP contribution in [0.15, 0.2) is 47.4 Å². The number of primary amides is 1. The van der Waals surface area contributed by atoms with Crippen LogP contribution in [0.4, 0.5) is 0 Å². The zero-order valence-corrected chi connectivity index (χ0v) is 11.6. The number of carbonyl (C=O) groups excluding carboxylic acids is 1. The van der Waals surface area contributed by atoms with Crippen LogP contribution in [0.2, 0.25) is 0 Å². The Morgan fingerprint density at radius 3 is 2.20 bits per heavy atom. The van der Waals surface area contributed by atoms with E-state index >= 15 is 0 Å². The lowest BCUT2D eigenvalue weighted by Gasteiger charge is -2.12. The zero-order valence-electron chi connectivity index (χ0n) is 10.8. The molecule has 0 radical (unpaired) electrons. The van der Waals surface area contributed by atoms with E-state index in [1.165, 1.54) is 6.07 Å². The highest BCUT2D eigenvalue weighted by molar-refractivity contribution is 7.89. The van der Waals surface area contributed by atoms with Gasteiger partial charge in [0.15, 0.2) is 0 Å². The van der Waals surface area contributed by atoms with Crippen molar-refractivity contribution >= 4 is 15.9 Å². The summed E-state index contributed by atoms with van der Waals surface area (Å²) in [5.41, 5.74) is 7.20. The molecule has 2 rings (SSSR count). The summed E-state index contributed by atoms with van der Waals surface area (Å²) in [7, 11) is -3.89. The van der Waals surface area contributed by atoms with E-state index in [1.807, 2.05) is 0 Å². The molecule has 6 heteroatoms. The molecule has 0 aliphatic heterocycles. The van der Waals surface area contributed by atoms with Gasteiger partial charge >= 0.3 is 0 Å². The molecule has 0 aromatic heterocycles. The summed E-state index contributed by atoms with van der Waals surface area (Å²) in [5.74, 6) is -0.609. The van der Waals surface area contributed by atoms with Crippen LogP contribution < -0.4 is 10.9 Å². The first-order valence-electron chi connectivity index (χ1n) is 5.84. The van der Waals surface area contributed by atoms with Gasteiger partial charge in [0.1, 0.15) is 0 Å². The number of nitrogens with two attached hydrogens (primary N) is 2. The topological polar surface area (TPSA) is 103 Å². The monoisotopic (exact) mass is 290 g/mol. The predicted octanol–water partition coefficient (Wildman–Crippen LogP) is 1.41. The molecular formula is C14H14N2O3S. The minimum atomic E-state index is -3.89. The quantitative estimate of drug-likeness (QED) is 0.893. The minimum Gasteiger partial charge on any atom is -0.366 e. The van der Waals surface area contributed by atoms with Gasteiger partial charge < -0.3 is 5.73 Å². The van der Waals surface area contributed by atoms with Crippen molar-refractivity contribution in [3.63, 3.8) is 0 Å². The second-order valence-electron chi connectivity index (χ2n) is 4.40. The van der Waals surface area contributed by atoms with Crippen molar-refractivity contribution in [2.24, 2.45) is 10.9 Å². The zero-order chi connectivity index (χ0) is 14.9. The van der Waals surface area contributed by atoms with Crippen molar-refractivity contribution in [3.8, 4) is 11.1 Å². The molecule has 0 spiro atoms. The number of aryl methyl sites for hydroxylation is 1. The Bertz CT molecular complexity index is 783. The van der Waals surface area contributed by atoms with Crippen LogP contribution >= 0.6 is 0 Å². The molecule has 2 aromatic rings.